The molecule has 1 fully saturated rings. The lowest BCUT2D eigenvalue weighted by atomic mass is 10.2. The third kappa shape index (κ3) is 5.78. The molecule has 2 amide bonds. The van der Waals surface area contributed by atoms with Crippen molar-refractivity contribution in [1.29, 1.82) is 0 Å². The van der Waals surface area contributed by atoms with Gasteiger partial charge in [-0.25, -0.2) is 14.2 Å². The van der Waals surface area contributed by atoms with E-state index >= 15 is 0 Å². The SMILES string of the molecule is Cc1c[n+](CCC(=O)c2sc(N3CCN(Cc4ccc(OC(F)(F)F)c(F)c4)C3=O)nc2C)co1. The summed E-state index contributed by atoms with van der Waals surface area (Å²) in [6.07, 6.45) is -1.44. The van der Waals surface area contributed by atoms with E-state index in [0.29, 0.717) is 40.9 Å². The smallest absolute Gasteiger partial charge is 0.409 e. The lowest BCUT2D eigenvalue weighted by molar-refractivity contribution is -0.698. The third-order valence-electron chi connectivity index (χ3n) is 5.28. The molecule has 1 aliphatic rings. The molecular formula is C22H21F4N4O4S+. The monoisotopic (exact) mass is 513 g/mol. The molecule has 0 spiro atoms. The summed E-state index contributed by atoms with van der Waals surface area (Å²) >= 11 is 1.13. The van der Waals surface area contributed by atoms with Crippen LogP contribution in [0.2, 0.25) is 0 Å². The fourth-order valence-electron chi connectivity index (χ4n) is 3.64. The highest BCUT2D eigenvalue weighted by Gasteiger charge is 2.34. The number of ketones is 1. The fourth-order valence-corrected chi connectivity index (χ4v) is 4.69. The number of alkyl halides is 3. The molecular weight excluding hydrogens is 492 g/mol. The quantitative estimate of drug-likeness (QED) is 0.254. The summed E-state index contributed by atoms with van der Waals surface area (Å²) in [6.45, 7) is 4.57. The zero-order valence-electron chi connectivity index (χ0n) is 18.8. The summed E-state index contributed by atoms with van der Waals surface area (Å²) < 4.78 is 61.6. The van der Waals surface area contributed by atoms with E-state index in [9.17, 15) is 27.2 Å². The Morgan fingerprint density at radius 2 is 2.06 bits per heavy atom. The van der Waals surface area contributed by atoms with Crippen LogP contribution in [0.3, 0.4) is 0 Å². The Bertz CT molecular complexity index is 1260. The molecule has 13 heteroatoms. The van der Waals surface area contributed by atoms with Crippen LogP contribution in [-0.4, -0.2) is 41.2 Å². The van der Waals surface area contributed by atoms with Crippen molar-refractivity contribution < 1.29 is 40.9 Å². The van der Waals surface area contributed by atoms with Gasteiger partial charge in [0.1, 0.15) is 0 Å². The van der Waals surface area contributed by atoms with Gasteiger partial charge in [-0.15, -0.1) is 13.2 Å². The Balaban J connectivity index is 1.39. The number of hydrogen-bond acceptors (Lipinski definition) is 6. The number of carbonyl (C=O) groups excluding carboxylic acids is 2. The molecule has 0 radical (unpaired) electrons. The van der Waals surface area contributed by atoms with E-state index in [1.165, 1.54) is 22.3 Å². The van der Waals surface area contributed by atoms with Crippen LogP contribution in [0.5, 0.6) is 5.75 Å². The van der Waals surface area contributed by atoms with Gasteiger partial charge in [-0.1, -0.05) is 17.4 Å². The highest BCUT2D eigenvalue weighted by Crippen LogP contribution is 2.31. The minimum absolute atomic E-state index is 0.00393. The van der Waals surface area contributed by atoms with Crippen molar-refractivity contribution in [2.24, 2.45) is 0 Å². The number of oxazole rings is 1. The van der Waals surface area contributed by atoms with E-state index in [1.54, 1.807) is 17.7 Å². The van der Waals surface area contributed by atoms with Gasteiger partial charge in [0, 0.05) is 26.6 Å². The molecule has 0 bridgehead atoms. The number of benzene rings is 1. The molecule has 0 unspecified atom stereocenters. The third-order valence-corrected chi connectivity index (χ3v) is 6.50. The summed E-state index contributed by atoms with van der Waals surface area (Å²) in [7, 11) is 0. The van der Waals surface area contributed by atoms with Crippen LogP contribution in [0.15, 0.2) is 35.2 Å². The number of carbonyl (C=O) groups is 2. The van der Waals surface area contributed by atoms with Crippen molar-refractivity contribution in [3.05, 3.63) is 58.5 Å². The minimum Gasteiger partial charge on any atom is -0.409 e. The van der Waals surface area contributed by atoms with E-state index in [1.807, 2.05) is 6.92 Å². The number of urea groups is 1. The molecule has 0 N–H and O–H groups in total. The number of aromatic nitrogens is 2. The van der Waals surface area contributed by atoms with Crippen molar-refractivity contribution in [2.45, 2.75) is 39.7 Å². The van der Waals surface area contributed by atoms with Gasteiger partial charge in [0.05, 0.1) is 17.0 Å². The highest BCUT2D eigenvalue weighted by atomic mass is 32.1. The van der Waals surface area contributed by atoms with Crippen LogP contribution in [0.4, 0.5) is 27.5 Å². The molecule has 0 aliphatic carbocycles. The molecule has 0 atom stereocenters. The van der Waals surface area contributed by atoms with Gasteiger partial charge in [-0.2, -0.15) is 4.57 Å². The van der Waals surface area contributed by atoms with Crippen LogP contribution in [-0.2, 0) is 13.1 Å². The minimum atomic E-state index is -5.00. The lowest BCUT2D eigenvalue weighted by Crippen LogP contribution is -2.31. The second kappa shape index (κ2) is 9.64. The molecule has 2 aromatic heterocycles. The number of hydrogen-bond donors (Lipinski definition) is 0. The standard InChI is InChI=1S/C22H21F4N4O4S/c1-13-10-28(12-33-13)6-5-17(31)19-14(2)27-20(35-19)30-8-7-29(21(30)32)11-15-3-4-18(16(23)9-15)34-22(24,25)26/h3-4,9-10,12H,5-8,11H2,1-2H3/q+1. The van der Waals surface area contributed by atoms with Gasteiger partial charge in [0.25, 0.3) is 0 Å². The highest BCUT2D eigenvalue weighted by molar-refractivity contribution is 7.17. The molecule has 3 aromatic rings. The van der Waals surface area contributed by atoms with E-state index in [-0.39, 0.29) is 18.7 Å². The van der Waals surface area contributed by atoms with Crippen LogP contribution in [0, 0.1) is 19.7 Å². The molecule has 0 saturated carbocycles. The largest absolute Gasteiger partial charge is 0.573 e. The van der Waals surface area contributed by atoms with E-state index in [0.717, 1.165) is 29.2 Å². The first-order valence-corrected chi connectivity index (χ1v) is 11.4. The van der Waals surface area contributed by atoms with E-state index in [2.05, 4.69) is 9.72 Å². The predicted molar refractivity (Wildman–Crippen MR) is 116 cm³/mol. The van der Waals surface area contributed by atoms with Crippen molar-refractivity contribution in [1.82, 2.24) is 9.88 Å². The topological polar surface area (TPSA) is 79.8 Å². The number of thiazole rings is 1. The van der Waals surface area contributed by atoms with Gasteiger partial charge in [-0.3, -0.25) is 9.69 Å². The van der Waals surface area contributed by atoms with Gasteiger partial charge >= 0.3 is 18.8 Å². The average Bonchev–Trinajstić information content (AvgIpc) is 3.46. The zero-order chi connectivity index (χ0) is 25.3. The molecule has 4 rings (SSSR count). The van der Waals surface area contributed by atoms with Crippen molar-refractivity contribution in [3.8, 4) is 5.75 Å². The van der Waals surface area contributed by atoms with Gasteiger partial charge in [0.15, 0.2) is 34.8 Å². The van der Waals surface area contributed by atoms with Crippen LogP contribution in [0.1, 0.15) is 33.1 Å². The molecule has 3 heterocycles. The number of amides is 2. The van der Waals surface area contributed by atoms with Gasteiger partial charge in [0.2, 0.25) is 6.20 Å². The number of ether oxygens (including phenoxy) is 1. The second-order valence-electron chi connectivity index (χ2n) is 7.95. The summed E-state index contributed by atoms with van der Waals surface area (Å²) in [4.78, 5) is 33.3. The van der Waals surface area contributed by atoms with Crippen LogP contribution >= 0.6 is 11.3 Å². The number of Topliss-reactive ketones (excluding diaryl/α,β-unsaturated/α-hetero) is 1. The molecule has 1 saturated heterocycles. The van der Waals surface area contributed by atoms with Crippen molar-refractivity contribution in [3.63, 3.8) is 0 Å². The summed E-state index contributed by atoms with van der Waals surface area (Å²) in [6, 6.07) is 2.66. The molecule has 8 nitrogen and oxygen atoms in total. The van der Waals surface area contributed by atoms with E-state index in [4.69, 9.17) is 4.42 Å². The van der Waals surface area contributed by atoms with Crippen LogP contribution < -0.4 is 14.2 Å². The average molecular weight is 513 g/mol. The first kappa shape index (κ1) is 24.6. The number of halogens is 4. The normalized spacial score (nSPS) is 14.2. The zero-order valence-corrected chi connectivity index (χ0v) is 19.6. The van der Waals surface area contributed by atoms with Crippen molar-refractivity contribution in [2.75, 3.05) is 18.0 Å². The first-order chi connectivity index (χ1) is 16.5. The maximum Gasteiger partial charge on any atom is 0.573 e. The summed E-state index contributed by atoms with van der Waals surface area (Å²) in [5.41, 5.74) is 0.836. The fraction of sp³-hybridized carbons (Fsp3) is 0.364. The molecule has 35 heavy (non-hydrogen) atoms. The van der Waals surface area contributed by atoms with Crippen LogP contribution in [0.25, 0.3) is 0 Å². The number of aryl methyl sites for hydroxylation is 3. The van der Waals surface area contributed by atoms with E-state index < -0.39 is 24.0 Å². The predicted octanol–water partition coefficient (Wildman–Crippen LogP) is 4.39. The second-order valence-corrected chi connectivity index (χ2v) is 8.93. The Hall–Kier alpha value is -3.48. The Kier molecular flexibility index (Phi) is 6.79. The molecule has 1 aromatic carbocycles. The Morgan fingerprint density at radius 1 is 1.29 bits per heavy atom. The van der Waals surface area contributed by atoms with Gasteiger partial charge < -0.3 is 14.1 Å². The first-order valence-electron chi connectivity index (χ1n) is 10.6. The summed E-state index contributed by atoms with van der Waals surface area (Å²) in [5.74, 6) is -1.48. The number of rotatable bonds is 8. The maximum absolute atomic E-state index is 14.0. The molecule has 186 valence electrons. The summed E-state index contributed by atoms with van der Waals surface area (Å²) in [5, 5.41) is 0.380. The maximum atomic E-state index is 14.0. The Labute approximate surface area is 201 Å². The lowest BCUT2D eigenvalue weighted by Gasteiger charge is -2.17. The Morgan fingerprint density at radius 3 is 2.71 bits per heavy atom. The molecule has 1 aliphatic heterocycles. The number of nitrogens with zero attached hydrogens (tertiary/aromatic N) is 4. The number of anilines is 1. The van der Waals surface area contributed by atoms with Gasteiger partial charge in [-0.05, 0) is 24.6 Å². The van der Waals surface area contributed by atoms with Crippen molar-refractivity contribution >= 4 is 28.3 Å².